The smallest absolute Gasteiger partial charge is 0.244 e. The van der Waals surface area contributed by atoms with Gasteiger partial charge < -0.3 is 4.90 Å². The van der Waals surface area contributed by atoms with Gasteiger partial charge in [-0.05, 0) is 37.5 Å². The largest absolute Gasteiger partial charge is 0.322 e. The van der Waals surface area contributed by atoms with E-state index < -0.39 is 0 Å². The molecule has 1 amide bonds. The van der Waals surface area contributed by atoms with Crippen LogP contribution in [0.3, 0.4) is 0 Å². The first-order valence-electron chi connectivity index (χ1n) is 7.00. The van der Waals surface area contributed by atoms with Crippen LogP contribution in [0.4, 0.5) is 4.39 Å². The van der Waals surface area contributed by atoms with E-state index >= 15 is 0 Å². The Hall–Kier alpha value is -1.42. The highest BCUT2D eigenvalue weighted by atomic mass is 19.1. The molecule has 1 saturated heterocycles. The zero-order valence-electron chi connectivity index (χ0n) is 11.2. The van der Waals surface area contributed by atoms with Gasteiger partial charge in [0.15, 0.2) is 0 Å². The lowest BCUT2D eigenvalue weighted by Crippen LogP contribution is -2.43. The van der Waals surface area contributed by atoms with Crippen LogP contribution in [-0.2, 0) is 4.79 Å². The Morgan fingerprint density at radius 3 is 2.53 bits per heavy atom. The van der Waals surface area contributed by atoms with Gasteiger partial charge in [0, 0.05) is 6.54 Å². The van der Waals surface area contributed by atoms with Crippen molar-refractivity contribution >= 4 is 5.91 Å². The van der Waals surface area contributed by atoms with Gasteiger partial charge in [-0.25, -0.2) is 4.39 Å². The maximum Gasteiger partial charge on any atom is 0.244 e. The minimum atomic E-state index is -0.366. The number of likely N-dealkylation sites (N-methyl/N-ethyl adjacent to an activating group) is 1. The minimum Gasteiger partial charge on any atom is -0.322 e. The number of hydrogen-bond acceptors (Lipinski definition) is 2. The van der Waals surface area contributed by atoms with Crippen molar-refractivity contribution in [3.8, 4) is 0 Å². The van der Waals surface area contributed by atoms with E-state index in [4.69, 9.17) is 0 Å². The topological polar surface area (TPSA) is 32.3 Å². The fourth-order valence-electron chi connectivity index (χ4n) is 3.36. The summed E-state index contributed by atoms with van der Waals surface area (Å²) in [5, 5.41) is 3.51. The molecule has 1 spiro atoms. The lowest BCUT2D eigenvalue weighted by Gasteiger charge is -2.22. The lowest BCUT2D eigenvalue weighted by atomic mass is 9.98. The molecule has 2 aliphatic rings. The number of halogens is 1. The molecule has 3 nitrogen and oxygen atoms in total. The molecule has 19 heavy (non-hydrogen) atoms. The second-order valence-electron chi connectivity index (χ2n) is 5.48. The third kappa shape index (κ3) is 1.94. The molecule has 1 aromatic carbocycles. The van der Waals surface area contributed by atoms with Crippen molar-refractivity contribution in [1.82, 2.24) is 10.2 Å². The molecule has 1 saturated carbocycles. The fourth-order valence-corrected chi connectivity index (χ4v) is 3.36. The minimum absolute atomic E-state index is 0.115. The summed E-state index contributed by atoms with van der Waals surface area (Å²) in [6.45, 7) is 2.67. The summed E-state index contributed by atoms with van der Waals surface area (Å²) >= 11 is 0. The van der Waals surface area contributed by atoms with Crippen LogP contribution >= 0.6 is 0 Å². The summed E-state index contributed by atoms with van der Waals surface area (Å²) in [4.78, 5) is 14.5. The zero-order valence-corrected chi connectivity index (χ0v) is 11.2. The van der Waals surface area contributed by atoms with E-state index in [-0.39, 0.29) is 23.4 Å². The lowest BCUT2D eigenvalue weighted by molar-refractivity contribution is -0.133. The van der Waals surface area contributed by atoms with Gasteiger partial charge in [-0.3, -0.25) is 10.1 Å². The highest BCUT2D eigenvalue weighted by molar-refractivity contribution is 5.89. The standard InChI is InChI=1S/C15H19FN2O/c1-2-18-13(11-5-7-12(16)8-6-11)17-15(14(18)19)9-3-4-10-15/h5-8,13,17H,2-4,9-10H2,1H3. The molecule has 1 aliphatic heterocycles. The predicted molar refractivity (Wildman–Crippen MR) is 70.9 cm³/mol. The molecule has 102 valence electrons. The number of amides is 1. The van der Waals surface area contributed by atoms with Crippen LogP contribution in [0.1, 0.15) is 44.3 Å². The van der Waals surface area contributed by atoms with Crippen LogP contribution in [0.25, 0.3) is 0 Å². The molecule has 3 rings (SSSR count). The van der Waals surface area contributed by atoms with Crippen molar-refractivity contribution in [3.63, 3.8) is 0 Å². The quantitative estimate of drug-likeness (QED) is 0.888. The highest BCUT2D eigenvalue weighted by Crippen LogP contribution is 2.40. The van der Waals surface area contributed by atoms with Crippen LogP contribution in [0.5, 0.6) is 0 Å². The highest BCUT2D eigenvalue weighted by Gasteiger charge is 2.51. The predicted octanol–water partition coefficient (Wildman–Crippen LogP) is 2.59. The Kier molecular flexibility index (Phi) is 3.05. The van der Waals surface area contributed by atoms with Crippen molar-refractivity contribution in [1.29, 1.82) is 0 Å². The molecule has 1 heterocycles. The maximum atomic E-state index is 13.0. The Bertz CT molecular complexity index is 479. The van der Waals surface area contributed by atoms with Gasteiger partial charge in [-0.2, -0.15) is 0 Å². The molecule has 0 aromatic heterocycles. The van der Waals surface area contributed by atoms with Crippen molar-refractivity contribution in [2.45, 2.75) is 44.3 Å². The number of nitrogens with zero attached hydrogens (tertiary/aromatic N) is 1. The molecule has 1 unspecified atom stereocenters. The van der Waals surface area contributed by atoms with E-state index in [2.05, 4.69) is 5.32 Å². The van der Waals surface area contributed by atoms with Crippen LogP contribution < -0.4 is 5.32 Å². The third-order valence-corrected chi connectivity index (χ3v) is 4.38. The first-order valence-corrected chi connectivity index (χ1v) is 7.00. The Morgan fingerprint density at radius 2 is 1.95 bits per heavy atom. The number of nitrogens with one attached hydrogen (secondary N) is 1. The van der Waals surface area contributed by atoms with E-state index in [0.717, 1.165) is 31.2 Å². The van der Waals surface area contributed by atoms with E-state index in [1.165, 1.54) is 12.1 Å². The van der Waals surface area contributed by atoms with Crippen molar-refractivity contribution in [2.75, 3.05) is 6.54 Å². The Labute approximate surface area is 112 Å². The molecule has 1 atom stereocenters. The maximum absolute atomic E-state index is 13.0. The van der Waals surface area contributed by atoms with Crippen molar-refractivity contribution in [2.24, 2.45) is 0 Å². The van der Waals surface area contributed by atoms with Crippen LogP contribution in [0, 0.1) is 5.82 Å². The molecular weight excluding hydrogens is 243 g/mol. The number of benzene rings is 1. The van der Waals surface area contributed by atoms with E-state index in [1.807, 2.05) is 11.8 Å². The van der Waals surface area contributed by atoms with Gasteiger partial charge in [0.05, 0.1) is 5.54 Å². The number of rotatable bonds is 2. The third-order valence-electron chi connectivity index (χ3n) is 4.38. The van der Waals surface area contributed by atoms with Gasteiger partial charge in [-0.15, -0.1) is 0 Å². The molecule has 1 aromatic rings. The SMILES string of the molecule is CCN1C(=O)C2(CCCC2)NC1c1ccc(F)cc1. The van der Waals surface area contributed by atoms with Gasteiger partial charge in [0.2, 0.25) is 5.91 Å². The zero-order chi connectivity index (χ0) is 13.5. The van der Waals surface area contributed by atoms with Gasteiger partial charge in [-0.1, -0.05) is 25.0 Å². The Balaban J connectivity index is 1.93. The average molecular weight is 262 g/mol. The van der Waals surface area contributed by atoms with E-state index in [1.54, 1.807) is 12.1 Å². The first kappa shape index (κ1) is 12.6. The first-order chi connectivity index (χ1) is 9.16. The number of carbonyl (C=O) groups is 1. The average Bonchev–Trinajstić information content (AvgIpc) is 2.99. The Morgan fingerprint density at radius 1 is 1.32 bits per heavy atom. The second-order valence-corrected chi connectivity index (χ2v) is 5.48. The van der Waals surface area contributed by atoms with Gasteiger partial charge >= 0.3 is 0 Å². The molecule has 4 heteroatoms. The van der Waals surface area contributed by atoms with Crippen LogP contribution in [0.15, 0.2) is 24.3 Å². The molecule has 2 fully saturated rings. The molecule has 1 aliphatic carbocycles. The summed E-state index contributed by atoms with van der Waals surface area (Å²) in [5.74, 6) is -0.0338. The van der Waals surface area contributed by atoms with Crippen molar-refractivity contribution in [3.05, 3.63) is 35.6 Å². The normalized spacial score (nSPS) is 25.5. The summed E-state index contributed by atoms with van der Waals surface area (Å²) < 4.78 is 13.0. The van der Waals surface area contributed by atoms with Crippen LogP contribution in [-0.4, -0.2) is 22.9 Å². The van der Waals surface area contributed by atoms with Gasteiger partial charge in [0.25, 0.3) is 0 Å². The summed E-state index contributed by atoms with van der Waals surface area (Å²) in [6.07, 6.45) is 3.93. The molecular formula is C15H19FN2O. The summed E-state index contributed by atoms with van der Waals surface area (Å²) in [7, 11) is 0. The second kappa shape index (κ2) is 4.60. The van der Waals surface area contributed by atoms with E-state index in [9.17, 15) is 9.18 Å². The van der Waals surface area contributed by atoms with Gasteiger partial charge in [0.1, 0.15) is 12.0 Å². The number of hydrogen-bond donors (Lipinski definition) is 1. The summed E-state index contributed by atoms with van der Waals surface area (Å²) in [5.41, 5.74) is 0.593. The monoisotopic (exact) mass is 262 g/mol. The van der Waals surface area contributed by atoms with Crippen molar-refractivity contribution < 1.29 is 9.18 Å². The molecule has 0 bridgehead atoms. The molecule has 0 radical (unpaired) electrons. The summed E-state index contributed by atoms with van der Waals surface area (Å²) in [6, 6.07) is 6.43. The van der Waals surface area contributed by atoms with E-state index in [0.29, 0.717) is 6.54 Å². The van der Waals surface area contributed by atoms with Crippen LogP contribution in [0.2, 0.25) is 0 Å². The number of carbonyl (C=O) groups excluding carboxylic acids is 1. The fraction of sp³-hybridized carbons (Fsp3) is 0.533. The molecule has 1 N–H and O–H groups in total.